The van der Waals surface area contributed by atoms with E-state index >= 15 is 0 Å². The van der Waals surface area contributed by atoms with Gasteiger partial charge in [0.15, 0.2) is 0 Å². The molecule has 1 aromatic carbocycles. The third kappa shape index (κ3) is 2.52. The molecule has 1 aromatic rings. The number of hydrogen-bond donors (Lipinski definition) is 0. The maximum Gasteiger partial charge on any atom is 0.133 e. The number of carbonyl (C=O) groups is 1. The normalized spacial score (nSPS) is 18.1. The number of carbonyl (C=O) groups excluding carboxylic acids is 1. The SMILES string of the molecule is CC(C)CCC(=O)CC1Cc2ccccc21. The van der Waals surface area contributed by atoms with Gasteiger partial charge in [0.1, 0.15) is 5.78 Å². The standard InChI is InChI=1S/C15H20O/c1-11(2)7-8-14(16)10-13-9-12-5-3-4-6-15(12)13/h3-6,11,13H,7-10H2,1-2H3. The van der Waals surface area contributed by atoms with E-state index in [1.807, 2.05) is 0 Å². The Morgan fingerprint density at radius 2 is 2.12 bits per heavy atom. The highest BCUT2D eigenvalue weighted by Crippen LogP contribution is 2.37. The first kappa shape index (κ1) is 11.4. The van der Waals surface area contributed by atoms with Crippen molar-refractivity contribution in [3.05, 3.63) is 35.4 Å². The zero-order chi connectivity index (χ0) is 11.5. The van der Waals surface area contributed by atoms with E-state index in [2.05, 4.69) is 38.1 Å². The molecule has 0 N–H and O–H groups in total. The fourth-order valence-corrected chi connectivity index (χ4v) is 2.37. The third-order valence-corrected chi connectivity index (χ3v) is 3.44. The minimum Gasteiger partial charge on any atom is -0.300 e. The van der Waals surface area contributed by atoms with Gasteiger partial charge in [-0.2, -0.15) is 0 Å². The van der Waals surface area contributed by atoms with Crippen molar-refractivity contribution < 1.29 is 4.79 Å². The van der Waals surface area contributed by atoms with Gasteiger partial charge in [-0.25, -0.2) is 0 Å². The summed E-state index contributed by atoms with van der Waals surface area (Å²) in [5.74, 6) is 1.58. The lowest BCUT2D eigenvalue weighted by molar-refractivity contribution is -0.119. The highest BCUT2D eigenvalue weighted by atomic mass is 16.1. The first-order chi connectivity index (χ1) is 7.66. The first-order valence-electron chi connectivity index (χ1n) is 6.26. The summed E-state index contributed by atoms with van der Waals surface area (Å²) in [5, 5.41) is 0. The maximum absolute atomic E-state index is 11.8. The lowest BCUT2D eigenvalue weighted by Gasteiger charge is -2.29. The number of benzene rings is 1. The van der Waals surface area contributed by atoms with E-state index in [9.17, 15) is 4.79 Å². The second-order valence-electron chi connectivity index (χ2n) is 5.28. The van der Waals surface area contributed by atoms with E-state index in [0.29, 0.717) is 17.6 Å². The highest BCUT2D eigenvalue weighted by molar-refractivity contribution is 5.79. The van der Waals surface area contributed by atoms with Gasteiger partial charge in [-0.05, 0) is 35.8 Å². The molecule has 1 unspecified atom stereocenters. The predicted molar refractivity (Wildman–Crippen MR) is 66.6 cm³/mol. The second kappa shape index (κ2) is 4.82. The molecule has 16 heavy (non-hydrogen) atoms. The smallest absolute Gasteiger partial charge is 0.133 e. The molecule has 0 fully saturated rings. The average Bonchev–Trinajstić information content (AvgIpc) is 2.23. The molecule has 1 atom stereocenters. The molecule has 1 heteroatoms. The lowest BCUT2D eigenvalue weighted by atomic mass is 9.75. The predicted octanol–water partition coefficient (Wildman–Crippen LogP) is 3.72. The summed E-state index contributed by atoms with van der Waals surface area (Å²) in [4.78, 5) is 11.8. The van der Waals surface area contributed by atoms with Gasteiger partial charge < -0.3 is 0 Å². The van der Waals surface area contributed by atoms with Crippen LogP contribution in [0.1, 0.15) is 50.2 Å². The molecule has 1 nitrogen and oxygen atoms in total. The van der Waals surface area contributed by atoms with Gasteiger partial charge in [0.2, 0.25) is 0 Å². The van der Waals surface area contributed by atoms with Crippen molar-refractivity contribution in [3.8, 4) is 0 Å². The van der Waals surface area contributed by atoms with E-state index < -0.39 is 0 Å². The van der Waals surface area contributed by atoms with Crippen LogP contribution in [0.4, 0.5) is 0 Å². The van der Waals surface area contributed by atoms with E-state index in [1.54, 1.807) is 0 Å². The van der Waals surface area contributed by atoms with Crippen LogP contribution in [-0.2, 0) is 11.2 Å². The van der Waals surface area contributed by atoms with Gasteiger partial charge in [0.25, 0.3) is 0 Å². The molecule has 0 heterocycles. The molecule has 1 aliphatic rings. The van der Waals surface area contributed by atoms with Crippen molar-refractivity contribution in [1.29, 1.82) is 0 Å². The minimum absolute atomic E-state index is 0.438. The Morgan fingerprint density at radius 3 is 2.81 bits per heavy atom. The summed E-state index contributed by atoms with van der Waals surface area (Å²) in [5.41, 5.74) is 2.84. The highest BCUT2D eigenvalue weighted by Gasteiger charge is 2.26. The van der Waals surface area contributed by atoms with Gasteiger partial charge in [-0.3, -0.25) is 4.79 Å². The van der Waals surface area contributed by atoms with E-state index in [0.717, 1.165) is 25.7 Å². The summed E-state index contributed by atoms with van der Waals surface area (Å²) < 4.78 is 0. The molecule has 86 valence electrons. The van der Waals surface area contributed by atoms with Crippen LogP contribution >= 0.6 is 0 Å². The Labute approximate surface area is 97.9 Å². The Balaban J connectivity index is 1.83. The maximum atomic E-state index is 11.8. The summed E-state index contributed by atoms with van der Waals surface area (Å²) >= 11 is 0. The molecule has 0 amide bonds. The van der Waals surface area contributed by atoms with Crippen LogP contribution in [-0.4, -0.2) is 5.78 Å². The van der Waals surface area contributed by atoms with Crippen LogP contribution in [0.2, 0.25) is 0 Å². The van der Waals surface area contributed by atoms with Crippen molar-refractivity contribution in [2.45, 2.75) is 45.4 Å². The topological polar surface area (TPSA) is 17.1 Å². The monoisotopic (exact) mass is 216 g/mol. The van der Waals surface area contributed by atoms with Gasteiger partial charge in [0, 0.05) is 12.8 Å². The Hall–Kier alpha value is -1.11. The molecule has 0 saturated carbocycles. The average molecular weight is 216 g/mol. The molecule has 0 radical (unpaired) electrons. The Kier molecular flexibility index (Phi) is 3.42. The van der Waals surface area contributed by atoms with Crippen LogP contribution < -0.4 is 0 Å². The molecular formula is C15H20O. The second-order valence-corrected chi connectivity index (χ2v) is 5.28. The number of fused-ring (bicyclic) bond motifs is 1. The van der Waals surface area contributed by atoms with E-state index in [4.69, 9.17) is 0 Å². The number of Topliss-reactive ketones (excluding diaryl/α,β-unsaturated/α-hetero) is 1. The molecule has 2 rings (SSSR count). The third-order valence-electron chi connectivity index (χ3n) is 3.44. The van der Waals surface area contributed by atoms with Crippen molar-refractivity contribution in [2.24, 2.45) is 5.92 Å². The van der Waals surface area contributed by atoms with Crippen LogP contribution in [0, 0.1) is 5.92 Å². The Bertz CT molecular complexity index is 379. The van der Waals surface area contributed by atoms with Crippen LogP contribution in [0.5, 0.6) is 0 Å². The fourth-order valence-electron chi connectivity index (χ4n) is 2.37. The van der Waals surface area contributed by atoms with Crippen molar-refractivity contribution in [3.63, 3.8) is 0 Å². The molecule has 0 spiro atoms. The molecular weight excluding hydrogens is 196 g/mol. The van der Waals surface area contributed by atoms with Gasteiger partial charge in [-0.1, -0.05) is 38.1 Å². The number of hydrogen-bond acceptors (Lipinski definition) is 1. The zero-order valence-corrected chi connectivity index (χ0v) is 10.2. The van der Waals surface area contributed by atoms with Crippen LogP contribution in [0.15, 0.2) is 24.3 Å². The molecule has 0 aromatic heterocycles. The van der Waals surface area contributed by atoms with Crippen molar-refractivity contribution >= 4 is 5.78 Å². The van der Waals surface area contributed by atoms with Crippen molar-refractivity contribution in [2.75, 3.05) is 0 Å². The van der Waals surface area contributed by atoms with E-state index in [1.165, 1.54) is 11.1 Å². The van der Waals surface area contributed by atoms with Crippen LogP contribution in [0.25, 0.3) is 0 Å². The Morgan fingerprint density at radius 1 is 1.38 bits per heavy atom. The first-order valence-corrected chi connectivity index (χ1v) is 6.26. The summed E-state index contributed by atoms with van der Waals surface area (Å²) in [6.07, 6.45) is 3.65. The lowest BCUT2D eigenvalue weighted by Crippen LogP contribution is -2.20. The van der Waals surface area contributed by atoms with Gasteiger partial charge in [0.05, 0.1) is 0 Å². The summed E-state index contributed by atoms with van der Waals surface area (Å²) in [7, 11) is 0. The van der Waals surface area contributed by atoms with Crippen LogP contribution in [0.3, 0.4) is 0 Å². The summed E-state index contributed by atoms with van der Waals surface area (Å²) in [6.45, 7) is 4.35. The van der Waals surface area contributed by atoms with E-state index in [-0.39, 0.29) is 0 Å². The molecule has 0 aliphatic heterocycles. The number of rotatable bonds is 5. The molecule has 0 bridgehead atoms. The van der Waals surface area contributed by atoms with Gasteiger partial charge >= 0.3 is 0 Å². The van der Waals surface area contributed by atoms with Crippen molar-refractivity contribution in [1.82, 2.24) is 0 Å². The van der Waals surface area contributed by atoms with Gasteiger partial charge in [-0.15, -0.1) is 0 Å². The fraction of sp³-hybridized carbons (Fsp3) is 0.533. The largest absolute Gasteiger partial charge is 0.300 e. The summed E-state index contributed by atoms with van der Waals surface area (Å²) in [6, 6.07) is 8.49. The number of ketones is 1. The molecule has 0 saturated heterocycles. The zero-order valence-electron chi connectivity index (χ0n) is 10.2. The minimum atomic E-state index is 0.438. The quantitative estimate of drug-likeness (QED) is 0.733. The molecule has 1 aliphatic carbocycles.